The van der Waals surface area contributed by atoms with Crippen LogP contribution < -0.4 is 20.4 Å². The fourth-order valence-electron chi connectivity index (χ4n) is 2.83. The molecule has 2 amide bonds. The van der Waals surface area contributed by atoms with Crippen molar-refractivity contribution in [3.63, 3.8) is 0 Å². The molecule has 3 aromatic rings. The first-order valence-corrected chi connectivity index (χ1v) is 8.61. The summed E-state index contributed by atoms with van der Waals surface area (Å²) in [5.41, 5.74) is 4.16. The van der Waals surface area contributed by atoms with Gasteiger partial charge in [-0.3, -0.25) is 9.40 Å². The van der Waals surface area contributed by atoms with E-state index in [0.717, 1.165) is 5.69 Å². The Bertz CT molecular complexity index is 1010. The molecule has 0 atom stereocenters. The molecule has 152 valence electrons. The van der Waals surface area contributed by atoms with Gasteiger partial charge in [0.2, 0.25) is 5.95 Å². The minimum absolute atomic E-state index is 0.307. The van der Waals surface area contributed by atoms with Crippen LogP contribution in [0.15, 0.2) is 42.5 Å². The van der Waals surface area contributed by atoms with Crippen LogP contribution in [0.25, 0.3) is 11.4 Å². The number of amides is 2. The zero-order valence-electron chi connectivity index (χ0n) is 16.4. The highest BCUT2D eigenvalue weighted by Gasteiger charge is 2.19. The molecular weight excluding hydrogens is 379 g/mol. The van der Waals surface area contributed by atoms with Crippen LogP contribution in [0, 0.1) is 5.82 Å². The number of carbonyl (C=O) groups is 1. The van der Waals surface area contributed by atoms with Gasteiger partial charge in [-0.25, -0.2) is 14.7 Å². The molecular formula is C19H21FN6O3. The molecule has 0 fully saturated rings. The summed E-state index contributed by atoms with van der Waals surface area (Å²) in [5, 5.41) is 11.2. The summed E-state index contributed by atoms with van der Waals surface area (Å²) in [6.07, 6.45) is 0. The van der Waals surface area contributed by atoms with Crippen LogP contribution in [-0.2, 0) is 11.9 Å². The van der Waals surface area contributed by atoms with Crippen molar-refractivity contribution in [2.45, 2.75) is 0 Å². The highest BCUT2D eigenvalue weighted by atomic mass is 19.1. The summed E-state index contributed by atoms with van der Waals surface area (Å²) in [7, 11) is 6.51. The van der Waals surface area contributed by atoms with Gasteiger partial charge in [-0.05, 0) is 36.4 Å². The molecule has 0 radical (unpaired) electrons. The zero-order chi connectivity index (χ0) is 21.0. The van der Waals surface area contributed by atoms with Gasteiger partial charge in [-0.1, -0.05) is 0 Å². The van der Waals surface area contributed by atoms with Gasteiger partial charge in [0.15, 0.2) is 5.82 Å². The molecule has 0 saturated carbocycles. The van der Waals surface area contributed by atoms with Gasteiger partial charge in [0.25, 0.3) is 0 Å². The van der Waals surface area contributed by atoms with Crippen LogP contribution in [0.1, 0.15) is 0 Å². The summed E-state index contributed by atoms with van der Waals surface area (Å²) >= 11 is 0. The molecule has 1 heterocycles. The summed E-state index contributed by atoms with van der Waals surface area (Å²) in [6.45, 7) is 0. The van der Waals surface area contributed by atoms with Crippen molar-refractivity contribution in [3.8, 4) is 17.1 Å². The second-order valence-electron chi connectivity index (χ2n) is 6.09. The zero-order valence-corrected chi connectivity index (χ0v) is 16.4. The SMILES string of the molecule is CONC(=O)Nc1ccc(-c2nnc(N(C)c3ccc(F)cc3)n2C)c(OC)c1. The lowest BCUT2D eigenvalue weighted by Crippen LogP contribution is -2.27. The van der Waals surface area contributed by atoms with E-state index in [-0.39, 0.29) is 5.82 Å². The van der Waals surface area contributed by atoms with Crippen molar-refractivity contribution < 1.29 is 18.8 Å². The summed E-state index contributed by atoms with van der Waals surface area (Å²) in [6, 6.07) is 10.7. The molecule has 0 aliphatic rings. The number of ether oxygens (including phenoxy) is 1. The molecule has 2 aromatic carbocycles. The van der Waals surface area contributed by atoms with Crippen molar-refractivity contribution in [2.75, 3.05) is 31.5 Å². The van der Waals surface area contributed by atoms with Crippen molar-refractivity contribution in [3.05, 3.63) is 48.3 Å². The minimum Gasteiger partial charge on any atom is -0.496 e. The van der Waals surface area contributed by atoms with E-state index in [9.17, 15) is 9.18 Å². The third-order valence-corrected chi connectivity index (χ3v) is 4.26. The first-order chi connectivity index (χ1) is 13.9. The summed E-state index contributed by atoms with van der Waals surface area (Å²) < 4.78 is 20.5. The average molecular weight is 400 g/mol. The lowest BCUT2D eigenvalue weighted by Gasteiger charge is -2.18. The smallest absolute Gasteiger partial charge is 0.343 e. The number of aromatic nitrogens is 3. The monoisotopic (exact) mass is 400 g/mol. The number of hydroxylamine groups is 1. The minimum atomic E-state index is -0.510. The molecule has 0 aliphatic heterocycles. The number of hydrogen-bond donors (Lipinski definition) is 2. The molecule has 9 nitrogen and oxygen atoms in total. The molecule has 0 saturated heterocycles. The molecule has 2 N–H and O–H groups in total. The molecule has 10 heteroatoms. The Morgan fingerprint density at radius 3 is 2.52 bits per heavy atom. The lowest BCUT2D eigenvalue weighted by molar-refractivity contribution is 0.114. The summed E-state index contributed by atoms with van der Waals surface area (Å²) in [5.74, 6) is 1.33. The maximum Gasteiger partial charge on any atom is 0.343 e. The molecule has 0 bridgehead atoms. The van der Waals surface area contributed by atoms with Gasteiger partial charge in [0.05, 0.1) is 19.8 Å². The van der Waals surface area contributed by atoms with Gasteiger partial charge in [-0.2, -0.15) is 0 Å². The van der Waals surface area contributed by atoms with Crippen molar-refractivity contribution >= 4 is 23.4 Å². The number of urea groups is 1. The van der Waals surface area contributed by atoms with Gasteiger partial charge >= 0.3 is 6.03 Å². The van der Waals surface area contributed by atoms with E-state index in [2.05, 4.69) is 25.8 Å². The number of methoxy groups -OCH3 is 1. The predicted molar refractivity (Wildman–Crippen MR) is 107 cm³/mol. The number of anilines is 3. The topological polar surface area (TPSA) is 93.5 Å². The maximum absolute atomic E-state index is 13.2. The number of nitrogens with zero attached hydrogens (tertiary/aromatic N) is 4. The van der Waals surface area contributed by atoms with E-state index in [1.807, 2.05) is 14.1 Å². The summed E-state index contributed by atoms with van der Waals surface area (Å²) in [4.78, 5) is 18.0. The number of carbonyl (C=O) groups excluding carboxylic acids is 1. The largest absolute Gasteiger partial charge is 0.496 e. The maximum atomic E-state index is 13.2. The Labute approximate surface area is 167 Å². The first kappa shape index (κ1) is 20.1. The fourth-order valence-corrected chi connectivity index (χ4v) is 2.83. The van der Waals surface area contributed by atoms with Crippen molar-refractivity contribution in [1.82, 2.24) is 20.2 Å². The molecule has 29 heavy (non-hydrogen) atoms. The van der Waals surface area contributed by atoms with Crippen LogP contribution in [0.4, 0.5) is 26.5 Å². The van der Waals surface area contributed by atoms with Crippen LogP contribution in [0.2, 0.25) is 0 Å². The Hall–Kier alpha value is -3.66. The van der Waals surface area contributed by atoms with Crippen LogP contribution >= 0.6 is 0 Å². The quantitative estimate of drug-likeness (QED) is 0.618. The Morgan fingerprint density at radius 2 is 1.86 bits per heavy atom. The molecule has 0 spiro atoms. The number of benzene rings is 2. The van der Waals surface area contributed by atoms with Crippen LogP contribution in [0.5, 0.6) is 5.75 Å². The molecule has 0 aliphatic carbocycles. The van der Waals surface area contributed by atoms with E-state index < -0.39 is 6.03 Å². The Kier molecular flexibility index (Phi) is 5.93. The van der Waals surface area contributed by atoms with E-state index in [1.54, 1.807) is 39.8 Å². The normalized spacial score (nSPS) is 10.5. The lowest BCUT2D eigenvalue weighted by atomic mass is 10.1. The Balaban J connectivity index is 1.91. The predicted octanol–water partition coefficient (Wildman–Crippen LogP) is 3.08. The van der Waals surface area contributed by atoms with E-state index in [1.165, 1.54) is 26.4 Å². The highest BCUT2D eigenvalue weighted by molar-refractivity contribution is 5.89. The van der Waals surface area contributed by atoms with E-state index in [0.29, 0.717) is 28.8 Å². The first-order valence-electron chi connectivity index (χ1n) is 8.61. The van der Waals surface area contributed by atoms with E-state index in [4.69, 9.17) is 4.74 Å². The number of hydrogen-bond acceptors (Lipinski definition) is 6. The standard InChI is InChI=1S/C19H21FN6O3/c1-25(14-8-5-12(20)6-9-14)19-23-22-17(26(19)2)15-10-7-13(11-16(15)28-3)21-18(27)24-29-4/h5-11H,1-4H3,(H2,21,24,27). The highest BCUT2D eigenvalue weighted by Crippen LogP contribution is 2.33. The second kappa shape index (κ2) is 8.57. The number of nitrogens with one attached hydrogen (secondary N) is 2. The molecule has 1 aromatic heterocycles. The average Bonchev–Trinajstić information content (AvgIpc) is 3.09. The van der Waals surface area contributed by atoms with Crippen LogP contribution in [0.3, 0.4) is 0 Å². The van der Waals surface area contributed by atoms with E-state index >= 15 is 0 Å². The van der Waals surface area contributed by atoms with Crippen molar-refractivity contribution in [2.24, 2.45) is 7.05 Å². The third kappa shape index (κ3) is 4.27. The molecule has 0 unspecified atom stereocenters. The number of halogens is 1. The number of rotatable bonds is 6. The van der Waals surface area contributed by atoms with Gasteiger partial charge in [0, 0.05) is 31.5 Å². The van der Waals surface area contributed by atoms with Crippen LogP contribution in [-0.4, -0.2) is 42.1 Å². The third-order valence-electron chi connectivity index (χ3n) is 4.26. The van der Waals surface area contributed by atoms with Gasteiger partial charge in [0.1, 0.15) is 11.6 Å². The van der Waals surface area contributed by atoms with Gasteiger partial charge in [-0.15, -0.1) is 10.2 Å². The molecule has 3 rings (SSSR count). The Morgan fingerprint density at radius 1 is 1.14 bits per heavy atom. The second-order valence-corrected chi connectivity index (χ2v) is 6.09. The van der Waals surface area contributed by atoms with Gasteiger partial charge < -0.3 is 15.0 Å². The fraction of sp³-hybridized carbons (Fsp3) is 0.211. The van der Waals surface area contributed by atoms with Crippen molar-refractivity contribution in [1.29, 1.82) is 0 Å².